The van der Waals surface area contributed by atoms with Crippen LogP contribution in [0.5, 0.6) is 0 Å². The van der Waals surface area contributed by atoms with Gasteiger partial charge >= 0.3 is 0 Å². The van der Waals surface area contributed by atoms with E-state index in [1.165, 1.54) is 206 Å². The van der Waals surface area contributed by atoms with Gasteiger partial charge in [0.15, 0.2) is 0 Å². The summed E-state index contributed by atoms with van der Waals surface area (Å²) in [6.07, 6.45) is 46.0. The van der Waals surface area contributed by atoms with Crippen LogP contribution in [0.1, 0.15) is 206 Å². The Morgan fingerprint density at radius 2 is 0.784 bits per heavy atom. The van der Waals surface area contributed by atoms with Gasteiger partial charge in [-0.1, -0.05) is 187 Å². The highest BCUT2D eigenvalue weighted by molar-refractivity contribution is 4.74. The lowest BCUT2D eigenvalue weighted by atomic mass is 9.89. The van der Waals surface area contributed by atoms with Gasteiger partial charge in [0, 0.05) is 6.04 Å². The van der Waals surface area contributed by atoms with E-state index in [4.69, 9.17) is 0 Å². The van der Waals surface area contributed by atoms with Gasteiger partial charge in [0.05, 0.1) is 0 Å². The quantitative estimate of drug-likeness (QED) is 0.300. The van der Waals surface area contributed by atoms with E-state index in [1.807, 2.05) is 0 Å². The molecule has 2 unspecified atom stereocenters. The highest BCUT2D eigenvalue weighted by atomic mass is 14.9. The zero-order chi connectivity index (χ0) is 26.1. The van der Waals surface area contributed by atoms with Crippen LogP contribution in [-0.4, -0.2) is 12.6 Å². The average molecular weight is 518 g/mol. The van der Waals surface area contributed by atoms with E-state index in [1.54, 1.807) is 0 Å². The van der Waals surface area contributed by atoms with E-state index in [2.05, 4.69) is 12.2 Å². The molecule has 2 aliphatic carbocycles. The summed E-state index contributed by atoms with van der Waals surface area (Å²) in [6, 6.07) is 0.774. The Labute approximate surface area is 235 Å². The molecule has 1 heteroatoms. The molecule has 220 valence electrons. The summed E-state index contributed by atoms with van der Waals surface area (Å²) in [5.41, 5.74) is 0. The minimum absolute atomic E-state index is 0.774. The zero-order valence-corrected chi connectivity index (χ0v) is 25.9. The number of unbranched alkanes of at least 4 members (excludes halogenated alkanes) is 4. The Kier molecular flexibility index (Phi) is 22.4. The van der Waals surface area contributed by atoms with E-state index in [0.717, 1.165) is 17.9 Å². The van der Waals surface area contributed by atoms with Crippen LogP contribution < -0.4 is 5.32 Å². The van der Waals surface area contributed by atoms with Crippen molar-refractivity contribution in [1.82, 2.24) is 5.32 Å². The Hall–Kier alpha value is -0.0400. The topological polar surface area (TPSA) is 12.0 Å². The van der Waals surface area contributed by atoms with Crippen LogP contribution in [0.15, 0.2) is 0 Å². The van der Waals surface area contributed by atoms with Crippen LogP contribution in [0.4, 0.5) is 0 Å². The molecule has 0 bridgehead atoms. The monoisotopic (exact) mass is 518 g/mol. The van der Waals surface area contributed by atoms with E-state index >= 15 is 0 Å². The van der Waals surface area contributed by atoms with Gasteiger partial charge < -0.3 is 5.32 Å². The number of nitrogens with one attached hydrogen (secondary N) is 1. The molecule has 0 radical (unpaired) electrons. The van der Waals surface area contributed by atoms with Crippen molar-refractivity contribution in [3.05, 3.63) is 0 Å². The minimum atomic E-state index is 0.774. The van der Waals surface area contributed by atoms with Gasteiger partial charge in [0.1, 0.15) is 0 Å². The summed E-state index contributed by atoms with van der Waals surface area (Å²) < 4.78 is 0. The molecule has 0 spiro atoms. The third-order valence-electron chi connectivity index (χ3n) is 10.0. The maximum Gasteiger partial charge on any atom is 0.00926 e. The molecule has 0 saturated heterocycles. The van der Waals surface area contributed by atoms with Crippen molar-refractivity contribution in [3.63, 3.8) is 0 Å². The van der Waals surface area contributed by atoms with Crippen molar-refractivity contribution >= 4 is 0 Å². The molecule has 2 rings (SSSR count). The average Bonchev–Trinajstić information content (AvgIpc) is 2.92. The fourth-order valence-corrected chi connectivity index (χ4v) is 7.30. The van der Waals surface area contributed by atoms with Gasteiger partial charge in [-0.2, -0.15) is 0 Å². The van der Waals surface area contributed by atoms with Crippen LogP contribution in [0.25, 0.3) is 0 Å². The summed E-state index contributed by atoms with van der Waals surface area (Å²) in [6.45, 7) is 3.80. The first-order valence-electron chi connectivity index (χ1n) is 18.1. The van der Waals surface area contributed by atoms with Crippen molar-refractivity contribution in [2.45, 2.75) is 212 Å². The number of rotatable bonds is 9. The first kappa shape index (κ1) is 33.2. The Balaban J connectivity index is 1.54. The highest BCUT2D eigenvalue weighted by Crippen LogP contribution is 2.26. The fraction of sp³-hybridized carbons (Fsp3) is 1.00. The predicted molar refractivity (Wildman–Crippen MR) is 168 cm³/mol. The van der Waals surface area contributed by atoms with Gasteiger partial charge in [0.2, 0.25) is 0 Å². The lowest BCUT2D eigenvalue weighted by molar-refractivity contribution is 0.318. The van der Waals surface area contributed by atoms with Gasteiger partial charge in [-0.3, -0.25) is 0 Å². The maximum absolute atomic E-state index is 4.04. The summed E-state index contributed by atoms with van der Waals surface area (Å²) in [7, 11) is 0. The summed E-state index contributed by atoms with van der Waals surface area (Å²) in [5, 5.41) is 4.04. The molecule has 2 saturated carbocycles. The molecule has 0 aromatic carbocycles. The van der Waals surface area contributed by atoms with Crippen LogP contribution in [0.2, 0.25) is 0 Å². The second-order valence-corrected chi connectivity index (χ2v) is 13.5. The third-order valence-corrected chi connectivity index (χ3v) is 10.0. The standard InChI is InChI=1S/C36H71N/c1-34-28-22-16-11-7-3-2-4-10-14-20-26-32-36(34)37-33-27-21-15-19-25-31-35-29-23-17-12-8-5-6-9-13-18-24-30-35/h34-37H,2-33H2,1H3. The van der Waals surface area contributed by atoms with Crippen LogP contribution in [-0.2, 0) is 0 Å². The summed E-state index contributed by atoms with van der Waals surface area (Å²) >= 11 is 0. The second kappa shape index (κ2) is 25.0. The lowest BCUT2D eigenvalue weighted by Gasteiger charge is -2.26. The van der Waals surface area contributed by atoms with Crippen LogP contribution in [0.3, 0.4) is 0 Å². The second-order valence-electron chi connectivity index (χ2n) is 13.5. The normalized spacial score (nSPS) is 26.2. The molecular formula is C36H71N. The Morgan fingerprint density at radius 1 is 0.405 bits per heavy atom. The number of hydrogen-bond acceptors (Lipinski definition) is 1. The molecule has 1 nitrogen and oxygen atoms in total. The van der Waals surface area contributed by atoms with E-state index in [9.17, 15) is 0 Å². The zero-order valence-electron chi connectivity index (χ0n) is 25.9. The molecule has 0 aliphatic heterocycles. The molecule has 2 aliphatic rings. The SMILES string of the molecule is CC1CCCCCCCCCCCCCC1NCCCCCCCC1CCCCCCCCCCCC1. The first-order valence-corrected chi connectivity index (χ1v) is 18.1. The summed E-state index contributed by atoms with van der Waals surface area (Å²) in [4.78, 5) is 0. The van der Waals surface area contributed by atoms with Crippen molar-refractivity contribution in [2.24, 2.45) is 11.8 Å². The van der Waals surface area contributed by atoms with E-state index in [0.29, 0.717) is 0 Å². The van der Waals surface area contributed by atoms with Gasteiger partial charge in [-0.05, 0) is 37.6 Å². The molecule has 1 N–H and O–H groups in total. The molecule has 0 heterocycles. The predicted octanol–water partition coefficient (Wildman–Crippen LogP) is 12.3. The molecule has 0 aromatic rings. The Bertz CT molecular complexity index is 446. The van der Waals surface area contributed by atoms with Crippen molar-refractivity contribution in [1.29, 1.82) is 0 Å². The first-order chi connectivity index (χ1) is 18.4. The van der Waals surface area contributed by atoms with E-state index in [-0.39, 0.29) is 0 Å². The minimum Gasteiger partial charge on any atom is -0.314 e. The lowest BCUT2D eigenvalue weighted by Crippen LogP contribution is -2.35. The molecular weight excluding hydrogens is 446 g/mol. The third kappa shape index (κ3) is 19.6. The van der Waals surface area contributed by atoms with Gasteiger partial charge in [-0.15, -0.1) is 0 Å². The van der Waals surface area contributed by atoms with Crippen molar-refractivity contribution in [3.8, 4) is 0 Å². The highest BCUT2D eigenvalue weighted by Gasteiger charge is 2.16. The van der Waals surface area contributed by atoms with Crippen molar-refractivity contribution < 1.29 is 0 Å². The van der Waals surface area contributed by atoms with Crippen LogP contribution in [0, 0.1) is 11.8 Å². The number of hydrogen-bond donors (Lipinski definition) is 1. The van der Waals surface area contributed by atoms with Crippen LogP contribution >= 0.6 is 0 Å². The maximum atomic E-state index is 4.04. The molecule has 0 amide bonds. The van der Waals surface area contributed by atoms with E-state index < -0.39 is 0 Å². The molecule has 2 fully saturated rings. The summed E-state index contributed by atoms with van der Waals surface area (Å²) in [5.74, 6) is 1.91. The fourth-order valence-electron chi connectivity index (χ4n) is 7.30. The van der Waals surface area contributed by atoms with Gasteiger partial charge in [-0.25, -0.2) is 0 Å². The largest absolute Gasteiger partial charge is 0.314 e. The molecule has 0 aromatic heterocycles. The van der Waals surface area contributed by atoms with Gasteiger partial charge in [0.25, 0.3) is 0 Å². The smallest absolute Gasteiger partial charge is 0.00926 e. The molecule has 2 atom stereocenters. The van der Waals surface area contributed by atoms with Crippen molar-refractivity contribution in [2.75, 3.05) is 6.54 Å². The molecule has 37 heavy (non-hydrogen) atoms. The Morgan fingerprint density at radius 3 is 1.30 bits per heavy atom.